The van der Waals surface area contributed by atoms with E-state index >= 15 is 0 Å². The Hall–Kier alpha value is -1.62. The second kappa shape index (κ2) is 5.82. The van der Waals surface area contributed by atoms with Crippen LogP contribution in [0.15, 0.2) is 18.5 Å². The minimum atomic E-state index is -0.222. The number of nitrogens with one attached hydrogen (secondary N) is 1. The van der Waals surface area contributed by atoms with E-state index < -0.39 is 0 Å². The first kappa shape index (κ1) is 12.8. The summed E-state index contributed by atoms with van der Waals surface area (Å²) < 4.78 is 0. The minimum Gasteiger partial charge on any atom is -0.506 e. The Morgan fingerprint density at radius 1 is 1.33 bits per heavy atom. The molecular formula is C13H19N3O2. The number of rotatable bonds is 2. The van der Waals surface area contributed by atoms with E-state index in [0.717, 1.165) is 25.7 Å². The van der Waals surface area contributed by atoms with Crippen LogP contribution in [0.1, 0.15) is 42.5 Å². The number of aromatic hydroxyl groups is 1. The predicted molar refractivity (Wildman–Crippen MR) is 68.2 cm³/mol. The lowest BCUT2D eigenvalue weighted by Gasteiger charge is -2.22. The molecule has 2 unspecified atom stereocenters. The van der Waals surface area contributed by atoms with E-state index in [2.05, 4.69) is 10.3 Å². The predicted octanol–water partition coefficient (Wildman–Crippen LogP) is 1.18. The molecule has 98 valence electrons. The zero-order valence-electron chi connectivity index (χ0n) is 10.3. The number of nitrogens with two attached hydrogens (primary N) is 1. The zero-order valence-corrected chi connectivity index (χ0v) is 10.3. The first-order chi connectivity index (χ1) is 8.66. The highest BCUT2D eigenvalue weighted by atomic mass is 16.3. The summed E-state index contributed by atoms with van der Waals surface area (Å²) in [7, 11) is 0. The van der Waals surface area contributed by atoms with Crippen molar-refractivity contribution in [3.05, 3.63) is 24.0 Å². The fourth-order valence-electron chi connectivity index (χ4n) is 2.32. The Balaban J connectivity index is 2.01. The maximum absolute atomic E-state index is 12.0. The van der Waals surface area contributed by atoms with Crippen molar-refractivity contribution in [2.75, 3.05) is 0 Å². The number of hydrogen-bond acceptors (Lipinski definition) is 4. The minimum absolute atomic E-state index is 0.00665. The molecule has 1 saturated carbocycles. The van der Waals surface area contributed by atoms with Gasteiger partial charge in [0.1, 0.15) is 5.75 Å². The molecule has 1 heterocycles. The molecule has 0 bridgehead atoms. The van der Waals surface area contributed by atoms with Gasteiger partial charge in [-0.15, -0.1) is 0 Å². The van der Waals surface area contributed by atoms with Gasteiger partial charge in [0.15, 0.2) is 0 Å². The van der Waals surface area contributed by atoms with E-state index in [1.54, 1.807) is 0 Å². The van der Waals surface area contributed by atoms with Crippen LogP contribution in [0.2, 0.25) is 0 Å². The van der Waals surface area contributed by atoms with E-state index in [4.69, 9.17) is 5.73 Å². The van der Waals surface area contributed by atoms with Crippen molar-refractivity contribution in [3.63, 3.8) is 0 Å². The second-order valence-electron chi connectivity index (χ2n) is 4.81. The van der Waals surface area contributed by atoms with Crippen molar-refractivity contribution in [1.82, 2.24) is 10.3 Å². The smallest absolute Gasteiger partial charge is 0.253 e. The van der Waals surface area contributed by atoms with Gasteiger partial charge in [0.05, 0.1) is 11.8 Å². The highest BCUT2D eigenvalue weighted by Gasteiger charge is 2.22. The van der Waals surface area contributed by atoms with Crippen LogP contribution in [0.25, 0.3) is 0 Å². The zero-order chi connectivity index (χ0) is 13.0. The van der Waals surface area contributed by atoms with Crippen LogP contribution in [0.3, 0.4) is 0 Å². The van der Waals surface area contributed by atoms with Crippen molar-refractivity contribution in [1.29, 1.82) is 0 Å². The van der Waals surface area contributed by atoms with Crippen molar-refractivity contribution in [3.8, 4) is 5.75 Å². The van der Waals surface area contributed by atoms with Gasteiger partial charge in [0.2, 0.25) is 0 Å². The Labute approximate surface area is 106 Å². The average Bonchev–Trinajstić information content (AvgIpc) is 2.55. The maximum atomic E-state index is 12.0. The SMILES string of the molecule is NC1CCCCCC1NC(=O)c1cncc(O)c1. The average molecular weight is 249 g/mol. The summed E-state index contributed by atoms with van der Waals surface area (Å²) in [5, 5.41) is 12.2. The summed E-state index contributed by atoms with van der Waals surface area (Å²) >= 11 is 0. The van der Waals surface area contributed by atoms with E-state index in [0.29, 0.717) is 5.56 Å². The second-order valence-corrected chi connectivity index (χ2v) is 4.81. The van der Waals surface area contributed by atoms with E-state index in [9.17, 15) is 9.90 Å². The van der Waals surface area contributed by atoms with Crippen LogP contribution >= 0.6 is 0 Å². The summed E-state index contributed by atoms with van der Waals surface area (Å²) in [5.74, 6) is -0.228. The Morgan fingerprint density at radius 2 is 2.11 bits per heavy atom. The molecule has 18 heavy (non-hydrogen) atoms. The molecule has 1 aromatic heterocycles. The molecule has 0 spiro atoms. The molecule has 1 amide bonds. The Bertz CT molecular complexity index is 422. The van der Waals surface area contributed by atoms with Crippen LogP contribution in [-0.2, 0) is 0 Å². The van der Waals surface area contributed by atoms with Crippen molar-refractivity contribution in [2.45, 2.75) is 44.2 Å². The third-order valence-electron chi connectivity index (χ3n) is 3.37. The largest absolute Gasteiger partial charge is 0.506 e. The lowest BCUT2D eigenvalue weighted by Crippen LogP contribution is -2.46. The first-order valence-electron chi connectivity index (χ1n) is 6.37. The third kappa shape index (κ3) is 3.20. The summed E-state index contributed by atoms with van der Waals surface area (Å²) in [5.41, 5.74) is 6.42. The standard InChI is InChI=1S/C13H19N3O2/c14-11-4-2-1-3-5-12(11)16-13(18)9-6-10(17)8-15-7-9/h6-8,11-12,17H,1-5,14H2,(H,16,18). The van der Waals surface area contributed by atoms with Crippen molar-refractivity contribution >= 4 is 5.91 Å². The molecular weight excluding hydrogens is 230 g/mol. The lowest BCUT2D eigenvalue weighted by molar-refractivity contribution is 0.0928. The lowest BCUT2D eigenvalue weighted by atomic mass is 10.0. The normalized spacial score (nSPS) is 24.3. The highest BCUT2D eigenvalue weighted by Crippen LogP contribution is 2.17. The third-order valence-corrected chi connectivity index (χ3v) is 3.37. The molecule has 0 aromatic carbocycles. The van der Waals surface area contributed by atoms with E-state index in [1.165, 1.54) is 24.9 Å². The summed E-state index contributed by atoms with van der Waals surface area (Å²) in [6, 6.07) is 1.44. The van der Waals surface area contributed by atoms with Crippen LogP contribution in [0.4, 0.5) is 0 Å². The van der Waals surface area contributed by atoms with Gasteiger partial charge in [0.25, 0.3) is 5.91 Å². The molecule has 1 aromatic rings. The van der Waals surface area contributed by atoms with Gasteiger partial charge in [-0.1, -0.05) is 19.3 Å². The number of carbonyl (C=O) groups is 1. The fraction of sp³-hybridized carbons (Fsp3) is 0.538. The quantitative estimate of drug-likeness (QED) is 0.687. The molecule has 0 aliphatic heterocycles. The molecule has 1 aliphatic carbocycles. The van der Waals surface area contributed by atoms with Gasteiger partial charge in [-0.2, -0.15) is 0 Å². The van der Waals surface area contributed by atoms with E-state index in [-0.39, 0.29) is 23.7 Å². The molecule has 1 fully saturated rings. The molecule has 0 radical (unpaired) electrons. The van der Waals surface area contributed by atoms with Gasteiger partial charge in [-0.25, -0.2) is 0 Å². The summed E-state index contributed by atoms with van der Waals surface area (Å²) in [4.78, 5) is 15.8. The summed E-state index contributed by atoms with van der Waals surface area (Å²) in [6.07, 6.45) is 8.00. The molecule has 5 heteroatoms. The van der Waals surface area contributed by atoms with Gasteiger partial charge in [-0.3, -0.25) is 9.78 Å². The van der Waals surface area contributed by atoms with Gasteiger partial charge in [0, 0.05) is 18.3 Å². The number of aromatic nitrogens is 1. The maximum Gasteiger partial charge on any atom is 0.253 e. The van der Waals surface area contributed by atoms with Crippen molar-refractivity contribution < 1.29 is 9.90 Å². The number of hydrogen-bond donors (Lipinski definition) is 3. The first-order valence-corrected chi connectivity index (χ1v) is 6.37. The number of carbonyl (C=O) groups excluding carboxylic acids is 1. The molecule has 4 N–H and O–H groups in total. The molecule has 1 aliphatic rings. The van der Waals surface area contributed by atoms with E-state index in [1.807, 2.05) is 0 Å². The van der Waals surface area contributed by atoms with Gasteiger partial charge >= 0.3 is 0 Å². The van der Waals surface area contributed by atoms with Crippen LogP contribution in [-0.4, -0.2) is 28.1 Å². The molecule has 0 saturated heterocycles. The number of nitrogens with zero attached hydrogens (tertiary/aromatic N) is 1. The molecule has 2 rings (SSSR count). The van der Waals surface area contributed by atoms with Gasteiger partial charge < -0.3 is 16.2 Å². The number of pyridine rings is 1. The van der Waals surface area contributed by atoms with Crippen LogP contribution in [0, 0.1) is 0 Å². The topological polar surface area (TPSA) is 88.2 Å². The Kier molecular flexibility index (Phi) is 4.15. The molecule has 2 atom stereocenters. The highest BCUT2D eigenvalue weighted by molar-refractivity contribution is 5.94. The van der Waals surface area contributed by atoms with Crippen LogP contribution < -0.4 is 11.1 Å². The monoisotopic (exact) mass is 249 g/mol. The fourth-order valence-corrected chi connectivity index (χ4v) is 2.32. The molecule has 5 nitrogen and oxygen atoms in total. The van der Waals surface area contributed by atoms with Crippen LogP contribution in [0.5, 0.6) is 5.75 Å². The number of amides is 1. The van der Waals surface area contributed by atoms with Gasteiger partial charge in [-0.05, 0) is 18.9 Å². The summed E-state index contributed by atoms with van der Waals surface area (Å²) in [6.45, 7) is 0. The Morgan fingerprint density at radius 3 is 2.89 bits per heavy atom. The van der Waals surface area contributed by atoms with Crippen molar-refractivity contribution in [2.24, 2.45) is 5.73 Å².